The average Bonchev–Trinajstić information content (AvgIpc) is 3.01. The zero-order chi connectivity index (χ0) is 12.3. The van der Waals surface area contributed by atoms with Crippen LogP contribution in [0.25, 0.3) is 0 Å². The zero-order valence-electron chi connectivity index (χ0n) is 11.5. The van der Waals surface area contributed by atoms with E-state index in [4.69, 9.17) is 9.47 Å². The van der Waals surface area contributed by atoms with Crippen LogP contribution in [0.15, 0.2) is 12.2 Å². The number of allylic oxidation sites excluding steroid dienone is 1. The first-order chi connectivity index (χ1) is 7.83. The Morgan fingerprint density at radius 3 is 2.47 bits per heavy atom. The predicted molar refractivity (Wildman–Crippen MR) is 67.9 cm³/mol. The first kappa shape index (κ1) is 11.7. The summed E-state index contributed by atoms with van der Waals surface area (Å²) >= 11 is 0. The van der Waals surface area contributed by atoms with Gasteiger partial charge in [0, 0.05) is 0 Å². The molecule has 0 aromatic rings. The third-order valence-corrected chi connectivity index (χ3v) is 4.78. The number of fused-ring (bicyclic) bond motifs is 2. The Morgan fingerprint density at radius 2 is 1.71 bits per heavy atom. The monoisotopic (exact) mass is 236 g/mol. The predicted octanol–water partition coefficient (Wildman–Crippen LogP) is 3.46. The molecule has 4 unspecified atom stereocenters. The quantitative estimate of drug-likeness (QED) is 0.475. The van der Waals surface area contributed by atoms with Crippen LogP contribution in [0.1, 0.15) is 53.4 Å². The summed E-state index contributed by atoms with van der Waals surface area (Å²) in [6, 6.07) is 0. The summed E-state index contributed by atoms with van der Waals surface area (Å²) in [4.78, 5) is 0. The number of rotatable bonds is 0. The lowest BCUT2D eigenvalue weighted by atomic mass is 9.84. The molecule has 0 amide bonds. The van der Waals surface area contributed by atoms with Crippen LogP contribution >= 0.6 is 0 Å². The molecule has 0 aromatic carbocycles. The molecule has 3 rings (SSSR count). The van der Waals surface area contributed by atoms with Gasteiger partial charge in [-0.15, -0.1) is 0 Å². The lowest BCUT2D eigenvalue weighted by molar-refractivity contribution is 0.267. The maximum absolute atomic E-state index is 5.92. The molecule has 3 aliphatic rings. The van der Waals surface area contributed by atoms with Gasteiger partial charge in [0.05, 0.1) is 23.4 Å². The maximum atomic E-state index is 5.92. The molecule has 0 saturated carbocycles. The van der Waals surface area contributed by atoms with Crippen LogP contribution in [-0.4, -0.2) is 23.4 Å². The highest BCUT2D eigenvalue weighted by Crippen LogP contribution is 2.51. The van der Waals surface area contributed by atoms with Gasteiger partial charge >= 0.3 is 0 Å². The molecular weight excluding hydrogens is 212 g/mol. The molecule has 17 heavy (non-hydrogen) atoms. The van der Waals surface area contributed by atoms with Crippen LogP contribution in [0.2, 0.25) is 0 Å². The van der Waals surface area contributed by atoms with Crippen molar-refractivity contribution in [3.05, 3.63) is 12.2 Å². The van der Waals surface area contributed by atoms with Crippen molar-refractivity contribution in [2.75, 3.05) is 0 Å². The Labute approximate surface area is 104 Å². The van der Waals surface area contributed by atoms with Gasteiger partial charge in [0.25, 0.3) is 0 Å². The first-order valence-electron chi connectivity index (χ1n) is 6.86. The SMILES string of the molecule is CC1(C)C=CCC2(C)OC2CCC2(C)OC2C1. The Bertz CT molecular complexity index is 360. The van der Waals surface area contributed by atoms with E-state index < -0.39 is 0 Å². The molecule has 2 saturated heterocycles. The van der Waals surface area contributed by atoms with E-state index in [1.54, 1.807) is 0 Å². The van der Waals surface area contributed by atoms with E-state index in [0.717, 1.165) is 25.7 Å². The van der Waals surface area contributed by atoms with Crippen LogP contribution in [-0.2, 0) is 9.47 Å². The molecular formula is C15H24O2. The summed E-state index contributed by atoms with van der Waals surface area (Å²) in [5.41, 5.74) is 0.480. The first-order valence-corrected chi connectivity index (χ1v) is 6.86. The lowest BCUT2D eigenvalue weighted by Crippen LogP contribution is -2.17. The van der Waals surface area contributed by atoms with Gasteiger partial charge in [0.2, 0.25) is 0 Å². The molecule has 0 spiro atoms. The second-order valence-corrected chi connectivity index (χ2v) is 7.18. The summed E-state index contributed by atoms with van der Waals surface area (Å²) < 4.78 is 11.8. The minimum absolute atomic E-state index is 0.109. The van der Waals surface area contributed by atoms with Gasteiger partial charge < -0.3 is 9.47 Å². The van der Waals surface area contributed by atoms with Crippen molar-refractivity contribution < 1.29 is 9.47 Å². The molecule has 2 heterocycles. The zero-order valence-corrected chi connectivity index (χ0v) is 11.5. The van der Waals surface area contributed by atoms with E-state index in [1.165, 1.54) is 0 Å². The van der Waals surface area contributed by atoms with Gasteiger partial charge in [-0.1, -0.05) is 26.0 Å². The van der Waals surface area contributed by atoms with Crippen LogP contribution in [0, 0.1) is 5.41 Å². The summed E-state index contributed by atoms with van der Waals surface area (Å²) in [6.07, 6.45) is 10.1. The van der Waals surface area contributed by atoms with Gasteiger partial charge in [-0.3, -0.25) is 0 Å². The molecule has 2 fully saturated rings. The molecule has 1 aliphatic carbocycles. The summed E-state index contributed by atoms with van der Waals surface area (Å²) in [5.74, 6) is 0. The molecule has 2 heteroatoms. The number of hydrogen-bond donors (Lipinski definition) is 0. The van der Waals surface area contributed by atoms with E-state index >= 15 is 0 Å². The van der Waals surface area contributed by atoms with Crippen LogP contribution in [0.4, 0.5) is 0 Å². The number of hydrogen-bond acceptors (Lipinski definition) is 2. The summed E-state index contributed by atoms with van der Waals surface area (Å²) in [7, 11) is 0. The van der Waals surface area contributed by atoms with Crippen LogP contribution in [0.3, 0.4) is 0 Å². The van der Waals surface area contributed by atoms with Crippen molar-refractivity contribution in [1.29, 1.82) is 0 Å². The molecule has 0 N–H and O–H groups in total. The fourth-order valence-electron chi connectivity index (χ4n) is 3.18. The lowest BCUT2D eigenvalue weighted by Gasteiger charge is -2.19. The standard InChI is InChI=1S/C15H24O2/c1-13(2)7-5-8-14(3)11(16-14)6-9-15(4)12(10-13)17-15/h5,7,11-12H,6,8-10H2,1-4H3. The van der Waals surface area contributed by atoms with Crippen molar-refractivity contribution in [3.8, 4) is 0 Å². The normalized spacial score (nSPS) is 52.0. The molecule has 96 valence electrons. The largest absolute Gasteiger partial charge is 0.366 e. The van der Waals surface area contributed by atoms with E-state index in [2.05, 4.69) is 39.8 Å². The van der Waals surface area contributed by atoms with Crippen molar-refractivity contribution in [2.24, 2.45) is 5.41 Å². The molecule has 0 bridgehead atoms. The molecule has 2 nitrogen and oxygen atoms in total. The van der Waals surface area contributed by atoms with E-state index in [1.807, 2.05) is 0 Å². The van der Waals surface area contributed by atoms with Gasteiger partial charge in [0.1, 0.15) is 0 Å². The Morgan fingerprint density at radius 1 is 1.00 bits per heavy atom. The second kappa shape index (κ2) is 3.36. The van der Waals surface area contributed by atoms with Crippen molar-refractivity contribution >= 4 is 0 Å². The average molecular weight is 236 g/mol. The van der Waals surface area contributed by atoms with Crippen molar-refractivity contribution in [1.82, 2.24) is 0 Å². The van der Waals surface area contributed by atoms with Gasteiger partial charge in [-0.2, -0.15) is 0 Å². The van der Waals surface area contributed by atoms with Crippen molar-refractivity contribution in [2.45, 2.75) is 76.8 Å². The van der Waals surface area contributed by atoms with E-state index in [-0.39, 0.29) is 16.6 Å². The van der Waals surface area contributed by atoms with Gasteiger partial charge in [-0.05, 0) is 44.9 Å². The molecule has 4 atom stereocenters. The fraction of sp³-hybridized carbons (Fsp3) is 0.867. The second-order valence-electron chi connectivity index (χ2n) is 7.18. The maximum Gasteiger partial charge on any atom is 0.0954 e. The number of epoxide rings is 2. The molecule has 0 radical (unpaired) electrons. The minimum Gasteiger partial charge on any atom is -0.366 e. The minimum atomic E-state index is 0.109. The highest BCUT2D eigenvalue weighted by molar-refractivity contribution is 5.12. The Kier molecular flexibility index (Phi) is 2.32. The third-order valence-electron chi connectivity index (χ3n) is 4.78. The summed E-state index contributed by atoms with van der Waals surface area (Å²) in [6.45, 7) is 9.10. The van der Waals surface area contributed by atoms with Gasteiger partial charge in [-0.25, -0.2) is 0 Å². The smallest absolute Gasteiger partial charge is 0.0954 e. The number of ether oxygens (including phenoxy) is 2. The van der Waals surface area contributed by atoms with E-state index in [9.17, 15) is 0 Å². The van der Waals surface area contributed by atoms with Crippen molar-refractivity contribution in [3.63, 3.8) is 0 Å². The highest BCUT2D eigenvalue weighted by atomic mass is 16.6. The van der Waals surface area contributed by atoms with E-state index in [0.29, 0.717) is 12.2 Å². The van der Waals surface area contributed by atoms with Crippen LogP contribution < -0.4 is 0 Å². The summed E-state index contributed by atoms with van der Waals surface area (Å²) in [5, 5.41) is 0. The topological polar surface area (TPSA) is 25.1 Å². The Hall–Kier alpha value is -0.340. The van der Waals surface area contributed by atoms with Crippen LogP contribution in [0.5, 0.6) is 0 Å². The highest BCUT2D eigenvalue weighted by Gasteiger charge is 2.57. The molecule has 0 aromatic heterocycles. The Balaban J connectivity index is 1.77. The van der Waals surface area contributed by atoms with Gasteiger partial charge in [0.15, 0.2) is 0 Å². The fourth-order valence-corrected chi connectivity index (χ4v) is 3.18. The molecule has 2 aliphatic heterocycles. The third kappa shape index (κ3) is 2.17.